The number of carbonyl (C=O) groups excluding carboxylic acids is 1. The number of nitrogens with one attached hydrogen (secondary N) is 1. The largest absolute Gasteiger partial charge is 0.347 e. The van der Waals surface area contributed by atoms with Crippen LogP contribution in [-0.4, -0.2) is 47.7 Å². The molecule has 0 bridgehead atoms. The summed E-state index contributed by atoms with van der Waals surface area (Å²) in [5, 5.41) is 30.8. The van der Waals surface area contributed by atoms with Crippen LogP contribution in [0, 0.1) is 10.1 Å². The molecule has 0 aromatic heterocycles. The number of hydroxylamine groups is 2. The highest BCUT2D eigenvalue weighted by Gasteiger charge is 2.50. The summed E-state index contributed by atoms with van der Waals surface area (Å²) >= 11 is 12.6. The highest BCUT2D eigenvalue weighted by molar-refractivity contribution is 8.24. The lowest BCUT2D eigenvalue weighted by Gasteiger charge is -2.34. The Hall–Kier alpha value is -2.73. The summed E-state index contributed by atoms with van der Waals surface area (Å²) in [5.74, 6) is 0. The zero-order valence-electron chi connectivity index (χ0n) is 16.4. The summed E-state index contributed by atoms with van der Waals surface area (Å²) in [4.78, 5) is 22.9. The van der Waals surface area contributed by atoms with Gasteiger partial charge in [0.2, 0.25) is 0 Å². The number of thioether (sulfide) groups is 1. The van der Waals surface area contributed by atoms with E-state index in [0.29, 0.717) is 14.4 Å². The van der Waals surface area contributed by atoms with Gasteiger partial charge in [-0.25, -0.2) is 9.80 Å². The van der Waals surface area contributed by atoms with Gasteiger partial charge in [-0.3, -0.25) is 15.3 Å². The topological polar surface area (TPSA) is 111 Å². The molecule has 0 spiro atoms. The van der Waals surface area contributed by atoms with Crippen LogP contribution in [0.4, 0.5) is 16.2 Å². The van der Waals surface area contributed by atoms with Crippen molar-refractivity contribution >= 4 is 63.5 Å². The average Bonchev–Trinajstić information content (AvgIpc) is 2.94. The molecule has 0 unspecified atom stereocenters. The summed E-state index contributed by atoms with van der Waals surface area (Å²) in [6, 6.07) is 11.4. The number of rotatable bonds is 5. The van der Waals surface area contributed by atoms with Crippen LogP contribution in [0.25, 0.3) is 0 Å². The first-order chi connectivity index (χ1) is 14.6. The number of halogens is 1. The number of thiocarbonyl (C=S) groups is 1. The van der Waals surface area contributed by atoms with E-state index in [-0.39, 0.29) is 11.4 Å². The first kappa shape index (κ1) is 22.9. The molecule has 12 heteroatoms. The number of anilines is 1. The maximum Gasteiger partial charge on any atom is 0.347 e. The van der Waals surface area contributed by atoms with Gasteiger partial charge in [0.15, 0.2) is 10.5 Å². The Labute approximate surface area is 192 Å². The molecular formula is C19H18ClN5O4S2. The molecule has 0 radical (unpaired) electrons. The highest BCUT2D eigenvalue weighted by atomic mass is 35.5. The third-order valence-corrected chi connectivity index (χ3v) is 6.15. The van der Waals surface area contributed by atoms with Crippen molar-refractivity contribution in [2.24, 2.45) is 5.10 Å². The van der Waals surface area contributed by atoms with Crippen molar-refractivity contribution < 1.29 is 14.9 Å². The summed E-state index contributed by atoms with van der Waals surface area (Å²) in [7, 11) is 0. The molecule has 1 fully saturated rings. The van der Waals surface area contributed by atoms with E-state index in [4.69, 9.17) is 23.8 Å². The number of nitro groups is 1. The number of nitro benzene ring substituents is 1. The first-order valence-corrected chi connectivity index (χ1v) is 10.5. The van der Waals surface area contributed by atoms with E-state index < -0.39 is 21.9 Å². The van der Waals surface area contributed by atoms with Gasteiger partial charge < -0.3 is 5.32 Å². The van der Waals surface area contributed by atoms with Crippen LogP contribution in [0.15, 0.2) is 53.6 Å². The lowest BCUT2D eigenvalue weighted by molar-refractivity contribution is -0.384. The number of urea groups is 1. The van der Waals surface area contributed by atoms with Gasteiger partial charge in [0, 0.05) is 22.8 Å². The highest BCUT2D eigenvalue weighted by Crippen LogP contribution is 2.42. The van der Waals surface area contributed by atoms with Gasteiger partial charge in [-0.1, -0.05) is 47.7 Å². The van der Waals surface area contributed by atoms with E-state index in [1.54, 1.807) is 30.5 Å². The zero-order valence-corrected chi connectivity index (χ0v) is 18.8. The van der Waals surface area contributed by atoms with Crippen LogP contribution in [0.1, 0.15) is 19.4 Å². The van der Waals surface area contributed by atoms with Crippen molar-refractivity contribution in [1.82, 2.24) is 10.1 Å². The Kier molecular flexibility index (Phi) is 6.80. The molecular weight excluding hydrogens is 462 g/mol. The fourth-order valence-corrected chi connectivity index (χ4v) is 4.78. The second-order valence-corrected chi connectivity index (χ2v) is 9.79. The number of hydrogen-bond acceptors (Lipinski definition) is 7. The molecule has 0 saturated carbocycles. The van der Waals surface area contributed by atoms with Gasteiger partial charge in [0.25, 0.3) is 5.69 Å². The minimum Gasteiger partial charge on any atom is -0.306 e. The van der Waals surface area contributed by atoms with E-state index in [0.717, 1.165) is 5.56 Å². The normalized spacial score (nSPS) is 17.7. The molecule has 1 aliphatic heterocycles. The Morgan fingerprint density at radius 1 is 1.32 bits per heavy atom. The Bertz CT molecular complexity index is 1030. The second kappa shape index (κ2) is 9.18. The van der Waals surface area contributed by atoms with Crippen LogP contribution in [0.5, 0.6) is 0 Å². The van der Waals surface area contributed by atoms with Crippen molar-refractivity contribution in [3.05, 3.63) is 69.2 Å². The van der Waals surface area contributed by atoms with Crippen molar-refractivity contribution in [2.45, 2.75) is 24.8 Å². The SMILES string of the molecule is CC1(C)SC(=S)N(/N=C\c2ccc(Cl)cc2)[C@@H]1N(O)C(=O)Nc1ccc([N+](=O)[O-])cc1. The van der Waals surface area contributed by atoms with Crippen molar-refractivity contribution in [3.8, 4) is 0 Å². The maximum atomic E-state index is 12.7. The van der Waals surface area contributed by atoms with Crippen LogP contribution in [-0.2, 0) is 0 Å². The molecule has 31 heavy (non-hydrogen) atoms. The molecule has 0 aliphatic carbocycles. The molecule has 1 aliphatic rings. The number of carbonyl (C=O) groups is 1. The van der Waals surface area contributed by atoms with Gasteiger partial charge in [0.1, 0.15) is 0 Å². The molecule has 9 nitrogen and oxygen atoms in total. The quantitative estimate of drug-likeness (QED) is 0.205. The third-order valence-electron chi connectivity index (χ3n) is 4.36. The summed E-state index contributed by atoms with van der Waals surface area (Å²) in [6.07, 6.45) is 0.659. The molecule has 1 atom stereocenters. The van der Waals surface area contributed by atoms with Gasteiger partial charge in [-0.05, 0) is 43.7 Å². The molecule has 1 heterocycles. The maximum absolute atomic E-state index is 12.7. The summed E-state index contributed by atoms with van der Waals surface area (Å²) in [6.45, 7) is 3.66. The molecule has 162 valence electrons. The summed E-state index contributed by atoms with van der Waals surface area (Å²) in [5.41, 5.74) is 0.942. The van der Waals surface area contributed by atoms with Crippen molar-refractivity contribution in [3.63, 3.8) is 0 Å². The van der Waals surface area contributed by atoms with Crippen LogP contribution in [0.2, 0.25) is 5.02 Å². The van der Waals surface area contributed by atoms with Crippen LogP contribution < -0.4 is 5.32 Å². The van der Waals surface area contributed by atoms with E-state index in [2.05, 4.69) is 10.4 Å². The van der Waals surface area contributed by atoms with Gasteiger partial charge >= 0.3 is 6.03 Å². The molecule has 2 aromatic carbocycles. The van der Waals surface area contributed by atoms with Gasteiger partial charge in [-0.2, -0.15) is 10.2 Å². The third kappa shape index (κ3) is 5.31. The summed E-state index contributed by atoms with van der Waals surface area (Å²) < 4.78 is -0.280. The first-order valence-electron chi connectivity index (χ1n) is 8.94. The fourth-order valence-electron chi connectivity index (χ4n) is 2.86. The predicted octanol–water partition coefficient (Wildman–Crippen LogP) is 4.94. The monoisotopic (exact) mass is 479 g/mol. The molecule has 2 amide bonds. The smallest absolute Gasteiger partial charge is 0.306 e. The number of hydrogen-bond donors (Lipinski definition) is 2. The Morgan fingerprint density at radius 3 is 2.52 bits per heavy atom. The molecule has 2 N–H and O–H groups in total. The second-order valence-electron chi connectivity index (χ2n) is 7.06. The number of hydrazone groups is 1. The van der Waals surface area contributed by atoms with E-state index in [1.165, 1.54) is 41.0 Å². The Balaban J connectivity index is 1.78. The minimum atomic E-state index is -0.897. The average molecular weight is 480 g/mol. The van der Waals surface area contributed by atoms with E-state index in [1.807, 2.05) is 13.8 Å². The molecule has 3 rings (SSSR count). The lowest BCUT2D eigenvalue weighted by Crippen LogP contribution is -2.54. The van der Waals surface area contributed by atoms with Crippen molar-refractivity contribution in [2.75, 3.05) is 5.32 Å². The lowest BCUT2D eigenvalue weighted by atomic mass is 10.1. The fraction of sp³-hybridized carbons (Fsp3) is 0.211. The van der Waals surface area contributed by atoms with Gasteiger partial charge in [-0.15, -0.1) is 0 Å². The molecule has 1 saturated heterocycles. The number of nitrogens with zero attached hydrogens (tertiary/aromatic N) is 4. The van der Waals surface area contributed by atoms with Crippen LogP contribution >= 0.6 is 35.6 Å². The van der Waals surface area contributed by atoms with Gasteiger partial charge in [0.05, 0.1) is 15.9 Å². The van der Waals surface area contributed by atoms with E-state index in [9.17, 15) is 20.1 Å². The number of benzene rings is 2. The molecule has 2 aromatic rings. The zero-order chi connectivity index (χ0) is 22.8. The Morgan fingerprint density at radius 2 is 1.94 bits per heavy atom. The standard InChI is InChI=1S/C19H18ClN5O4S2/c1-19(2)16(23(18(30)31-19)21-11-12-3-5-13(20)6-4-12)24(27)17(26)22-14-7-9-15(10-8-14)25(28)29/h3-11,16,27H,1-2H3,(H,22,26)/b21-11-/t16-/m1/s1. The predicted molar refractivity (Wildman–Crippen MR) is 125 cm³/mol. The van der Waals surface area contributed by atoms with E-state index >= 15 is 0 Å². The van der Waals surface area contributed by atoms with Crippen LogP contribution in [0.3, 0.4) is 0 Å². The number of amides is 2. The number of non-ortho nitro benzene ring substituents is 1. The minimum absolute atomic E-state index is 0.111. The van der Waals surface area contributed by atoms with Crippen molar-refractivity contribution in [1.29, 1.82) is 0 Å².